The quantitative estimate of drug-likeness (QED) is 0.238. The van der Waals surface area contributed by atoms with Gasteiger partial charge in [0, 0.05) is 18.0 Å². The van der Waals surface area contributed by atoms with Crippen molar-refractivity contribution in [3.8, 4) is 0 Å². The van der Waals surface area contributed by atoms with Crippen LogP contribution in [-0.2, 0) is 0 Å². The molecule has 6 nitrogen and oxygen atoms in total. The minimum atomic E-state index is -0.630. The Morgan fingerprint density at radius 1 is 1.25 bits per heavy atom. The maximum Gasteiger partial charge on any atom is 0.191 e. The van der Waals surface area contributed by atoms with E-state index < -0.39 is 6.10 Å². The van der Waals surface area contributed by atoms with Gasteiger partial charge in [0.15, 0.2) is 5.96 Å². The van der Waals surface area contributed by atoms with E-state index in [0.717, 1.165) is 30.3 Å². The Bertz CT molecular complexity index is 692. The van der Waals surface area contributed by atoms with Crippen LogP contribution in [0.1, 0.15) is 43.6 Å². The molecule has 0 spiro atoms. The third-order valence-corrected chi connectivity index (χ3v) is 5.61. The molecular formula is C19H30ClIN4O2S. The first-order valence-corrected chi connectivity index (χ1v) is 10.5. The average molecular weight is 541 g/mol. The molecule has 0 saturated heterocycles. The van der Waals surface area contributed by atoms with Crippen LogP contribution in [0.2, 0.25) is 4.34 Å². The van der Waals surface area contributed by atoms with E-state index >= 15 is 0 Å². The van der Waals surface area contributed by atoms with Gasteiger partial charge in [0.2, 0.25) is 0 Å². The van der Waals surface area contributed by atoms with Crippen LogP contribution < -0.4 is 10.6 Å². The molecule has 0 aliphatic heterocycles. The van der Waals surface area contributed by atoms with Gasteiger partial charge in [0.1, 0.15) is 11.9 Å². The number of aliphatic hydroxyl groups excluding tert-OH is 1. The smallest absolute Gasteiger partial charge is 0.191 e. The molecule has 0 aromatic carbocycles. The number of thiophene rings is 1. The van der Waals surface area contributed by atoms with Gasteiger partial charge >= 0.3 is 0 Å². The van der Waals surface area contributed by atoms with Crippen LogP contribution in [0, 0.1) is 0 Å². The molecule has 3 N–H and O–H groups in total. The van der Waals surface area contributed by atoms with Crippen LogP contribution in [0.3, 0.4) is 0 Å². The number of aliphatic imine (C=N–C) groups is 1. The lowest BCUT2D eigenvalue weighted by molar-refractivity contribution is 0.184. The van der Waals surface area contributed by atoms with Gasteiger partial charge in [-0.1, -0.05) is 25.4 Å². The zero-order valence-corrected chi connectivity index (χ0v) is 20.4. The maximum atomic E-state index is 10.3. The van der Waals surface area contributed by atoms with Gasteiger partial charge in [0.25, 0.3) is 0 Å². The van der Waals surface area contributed by atoms with E-state index in [1.54, 1.807) is 12.3 Å². The van der Waals surface area contributed by atoms with Crippen molar-refractivity contribution in [2.45, 2.75) is 32.9 Å². The molecule has 0 saturated carbocycles. The van der Waals surface area contributed by atoms with E-state index in [2.05, 4.69) is 29.4 Å². The molecule has 0 radical (unpaired) electrons. The van der Waals surface area contributed by atoms with Crippen LogP contribution in [0.4, 0.5) is 0 Å². The number of guanidine groups is 1. The Kier molecular flexibility index (Phi) is 12.1. The van der Waals surface area contributed by atoms with Gasteiger partial charge in [-0.25, -0.2) is 0 Å². The minimum Gasteiger partial charge on any atom is -0.468 e. The number of nitrogens with zero attached hydrogens (tertiary/aromatic N) is 2. The largest absolute Gasteiger partial charge is 0.468 e. The number of likely N-dealkylation sites (N-methyl/N-ethyl adjacent to an activating group) is 1. The molecule has 2 aromatic rings. The molecule has 9 heteroatoms. The van der Waals surface area contributed by atoms with E-state index in [4.69, 9.17) is 21.0 Å². The molecule has 2 aromatic heterocycles. The Balaban J connectivity index is 0.00000392. The van der Waals surface area contributed by atoms with Gasteiger partial charge in [-0.15, -0.1) is 35.3 Å². The number of halogens is 2. The van der Waals surface area contributed by atoms with E-state index in [9.17, 15) is 5.11 Å². The van der Waals surface area contributed by atoms with Gasteiger partial charge < -0.3 is 20.2 Å². The third-order valence-electron chi connectivity index (χ3n) is 4.28. The van der Waals surface area contributed by atoms with Crippen molar-refractivity contribution < 1.29 is 9.52 Å². The fourth-order valence-corrected chi connectivity index (χ4v) is 3.90. The van der Waals surface area contributed by atoms with Crippen molar-refractivity contribution >= 4 is 52.9 Å². The lowest BCUT2D eigenvalue weighted by Crippen LogP contribution is -2.40. The summed E-state index contributed by atoms with van der Waals surface area (Å²) in [5, 5.41) is 16.8. The lowest BCUT2D eigenvalue weighted by Gasteiger charge is -2.27. The van der Waals surface area contributed by atoms with Crippen molar-refractivity contribution in [3.05, 3.63) is 45.5 Å². The van der Waals surface area contributed by atoms with Crippen molar-refractivity contribution in [1.82, 2.24) is 15.5 Å². The normalized spacial score (nSPS) is 13.9. The number of furan rings is 1. The summed E-state index contributed by atoms with van der Waals surface area (Å²) in [4.78, 5) is 7.86. The highest BCUT2D eigenvalue weighted by Gasteiger charge is 2.20. The summed E-state index contributed by atoms with van der Waals surface area (Å²) in [6, 6.07) is 7.61. The Hall–Kier alpha value is -0.810. The Labute approximate surface area is 193 Å². The average Bonchev–Trinajstić information content (AvgIpc) is 3.34. The Morgan fingerprint density at radius 3 is 2.54 bits per heavy atom. The maximum absolute atomic E-state index is 10.3. The predicted octanol–water partition coefficient (Wildman–Crippen LogP) is 4.28. The lowest BCUT2D eigenvalue weighted by atomic mass is 10.2. The molecule has 28 heavy (non-hydrogen) atoms. The predicted molar refractivity (Wildman–Crippen MR) is 128 cm³/mol. The standard InChI is InChI=1S/C19H29ClN4O2S.HI/c1-4-21-19(23-13-15(25)17-9-10-18(20)27-17)22-12-14(24(5-2)6-3)16-8-7-11-26-16;/h7-11,14-15,25H,4-6,12-13H2,1-3H3,(H2,21,22,23);1H. The summed E-state index contributed by atoms with van der Waals surface area (Å²) >= 11 is 7.33. The highest BCUT2D eigenvalue weighted by atomic mass is 127. The summed E-state index contributed by atoms with van der Waals surface area (Å²) in [5.41, 5.74) is 0. The van der Waals surface area contributed by atoms with Gasteiger partial charge in [-0.3, -0.25) is 9.89 Å². The molecular weight excluding hydrogens is 511 g/mol. The summed E-state index contributed by atoms with van der Waals surface area (Å²) in [7, 11) is 0. The second-order valence-corrected chi connectivity index (χ2v) is 7.76. The molecule has 0 aliphatic carbocycles. The summed E-state index contributed by atoms with van der Waals surface area (Å²) in [6.45, 7) is 9.78. The topological polar surface area (TPSA) is 73.0 Å². The molecule has 2 rings (SSSR count). The fourth-order valence-electron chi connectivity index (χ4n) is 2.85. The zero-order chi connectivity index (χ0) is 19.6. The van der Waals surface area contributed by atoms with Crippen molar-refractivity contribution in [2.24, 2.45) is 4.99 Å². The highest BCUT2D eigenvalue weighted by Crippen LogP contribution is 2.26. The molecule has 2 atom stereocenters. The van der Waals surface area contributed by atoms with Crippen LogP contribution in [0.15, 0.2) is 39.9 Å². The molecule has 0 aliphatic rings. The number of hydrogen-bond donors (Lipinski definition) is 3. The third kappa shape index (κ3) is 7.55. The van der Waals surface area contributed by atoms with Crippen LogP contribution in [0.25, 0.3) is 0 Å². The molecule has 0 amide bonds. The van der Waals surface area contributed by atoms with Crippen LogP contribution >= 0.6 is 46.9 Å². The van der Waals surface area contributed by atoms with Crippen molar-refractivity contribution in [3.63, 3.8) is 0 Å². The monoisotopic (exact) mass is 540 g/mol. The zero-order valence-electron chi connectivity index (χ0n) is 16.5. The van der Waals surface area contributed by atoms with Crippen molar-refractivity contribution in [2.75, 3.05) is 32.7 Å². The summed E-state index contributed by atoms with van der Waals surface area (Å²) in [6.07, 6.45) is 1.07. The van der Waals surface area contributed by atoms with Gasteiger partial charge in [-0.2, -0.15) is 0 Å². The van der Waals surface area contributed by atoms with Crippen LogP contribution in [0.5, 0.6) is 0 Å². The summed E-state index contributed by atoms with van der Waals surface area (Å²) in [5.74, 6) is 1.58. The van der Waals surface area contributed by atoms with Crippen molar-refractivity contribution in [1.29, 1.82) is 0 Å². The number of rotatable bonds is 10. The second-order valence-electron chi connectivity index (χ2n) is 6.01. The fraction of sp³-hybridized carbons (Fsp3) is 0.526. The van der Waals surface area contributed by atoms with Gasteiger partial charge in [-0.05, 0) is 44.3 Å². The molecule has 158 valence electrons. The van der Waals surface area contributed by atoms with E-state index in [1.165, 1.54) is 11.3 Å². The molecule has 2 heterocycles. The summed E-state index contributed by atoms with van der Waals surface area (Å²) < 4.78 is 6.30. The van der Waals surface area contributed by atoms with Crippen LogP contribution in [-0.4, -0.2) is 48.7 Å². The highest BCUT2D eigenvalue weighted by molar-refractivity contribution is 14.0. The molecule has 0 bridgehead atoms. The minimum absolute atomic E-state index is 0. The molecule has 0 fully saturated rings. The number of nitrogens with one attached hydrogen (secondary N) is 2. The SMILES string of the molecule is CCNC(=NCC(c1ccco1)N(CC)CC)NCC(O)c1ccc(Cl)s1.I. The first-order valence-electron chi connectivity index (χ1n) is 9.31. The first kappa shape index (κ1) is 25.2. The van der Waals surface area contributed by atoms with E-state index in [-0.39, 0.29) is 30.0 Å². The first-order chi connectivity index (χ1) is 13.1. The number of aliphatic hydroxyl groups is 1. The number of hydrogen-bond acceptors (Lipinski definition) is 5. The van der Waals surface area contributed by atoms with E-state index in [0.29, 0.717) is 23.4 Å². The van der Waals surface area contributed by atoms with E-state index in [1.807, 2.05) is 25.1 Å². The Morgan fingerprint density at radius 2 is 2.00 bits per heavy atom. The van der Waals surface area contributed by atoms with Gasteiger partial charge in [0.05, 0.1) is 23.2 Å². The second kappa shape index (κ2) is 13.4. The molecule has 2 unspecified atom stereocenters.